The molecule has 138 valence electrons. The van der Waals surface area contributed by atoms with Gasteiger partial charge in [-0.15, -0.1) is 0 Å². The number of aryl methyl sites for hydroxylation is 1. The van der Waals surface area contributed by atoms with E-state index in [1.807, 2.05) is 6.92 Å². The van der Waals surface area contributed by atoms with Crippen molar-refractivity contribution in [3.8, 4) is 0 Å². The standard InChI is InChI=1S/C18H27N3O3S/c1-11-6-7-15(10-16(11)21-25(2,23)24)20-18(22)14-8-12-4-3-5-13(9-14)17(12)19/h6-7,10,12-14,17,21H,3-5,8-9,19H2,1-2H3,(H,20,22). The van der Waals surface area contributed by atoms with Crippen molar-refractivity contribution in [3.05, 3.63) is 23.8 Å². The lowest BCUT2D eigenvalue weighted by Crippen LogP contribution is -2.48. The molecule has 2 atom stereocenters. The Hall–Kier alpha value is -1.60. The van der Waals surface area contributed by atoms with E-state index >= 15 is 0 Å². The van der Waals surface area contributed by atoms with Crippen LogP contribution >= 0.6 is 0 Å². The second kappa shape index (κ2) is 6.96. The smallest absolute Gasteiger partial charge is 0.229 e. The average molecular weight is 365 g/mol. The molecule has 2 unspecified atom stereocenters. The van der Waals surface area contributed by atoms with E-state index in [1.54, 1.807) is 18.2 Å². The summed E-state index contributed by atoms with van der Waals surface area (Å²) in [6, 6.07) is 5.51. The molecule has 0 spiro atoms. The highest BCUT2D eigenvalue weighted by atomic mass is 32.2. The van der Waals surface area contributed by atoms with Gasteiger partial charge in [-0.25, -0.2) is 8.42 Å². The van der Waals surface area contributed by atoms with E-state index in [9.17, 15) is 13.2 Å². The first kappa shape index (κ1) is 18.2. The Balaban J connectivity index is 1.70. The summed E-state index contributed by atoms with van der Waals surface area (Å²) in [4.78, 5) is 12.7. The average Bonchev–Trinajstić information content (AvgIpc) is 2.49. The highest BCUT2D eigenvalue weighted by Gasteiger charge is 2.40. The lowest BCUT2D eigenvalue weighted by Gasteiger charge is -2.43. The fraction of sp³-hybridized carbons (Fsp3) is 0.611. The van der Waals surface area contributed by atoms with Crippen LogP contribution in [0.4, 0.5) is 11.4 Å². The normalized spacial score (nSPS) is 29.1. The third-order valence-electron chi connectivity index (χ3n) is 5.58. The van der Waals surface area contributed by atoms with Crippen molar-refractivity contribution in [3.63, 3.8) is 0 Å². The Morgan fingerprint density at radius 1 is 1.20 bits per heavy atom. The quantitative estimate of drug-likeness (QED) is 0.763. The number of hydrogen-bond donors (Lipinski definition) is 3. The number of benzene rings is 1. The fourth-order valence-electron chi connectivity index (χ4n) is 4.26. The summed E-state index contributed by atoms with van der Waals surface area (Å²) in [7, 11) is -3.36. The number of amides is 1. The van der Waals surface area contributed by atoms with Gasteiger partial charge in [0.05, 0.1) is 11.9 Å². The molecule has 2 saturated carbocycles. The Morgan fingerprint density at radius 2 is 1.84 bits per heavy atom. The van der Waals surface area contributed by atoms with Crippen LogP contribution in [-0.4, -0.2) is 26.6 Å². The number of hydrogen-bond acceptors (Lipinski definition) is 4. The van der Waals surface area contributed by atoms with Crippen molar-refractivity contribution in [2.75, 3.05) is 16.3 Å². The fourth-order valence-corrected chi connectivity index (χ4v) is 4.88. The molecular weight excluding hydrogens is 338 g/mol. The van der Waals surface area contributed by atoms with Gasteiger partial charge in [0.15, 0.2) is 0 Å². The van der Waals surface area contributed by atoms with E-state index in [1.165, 1.54) is 6.42 Å². The van der Waals surface area contributed by atoms with Crippen molar-refractivity contribution in [2.45, 2.75) is 45.1 Å². The van der Waals surface area contributed by atoms with Gasteiger partial charge < -0.3 is 11.1 Å². The van der Waals surface area contributed by atoms with Crippen molar-refractivity contribution in [2.24, 2.45) is 23.5 Å². The molecule has 3 rings (SSSR count). The molecule has 0 saturated heterocycles. The zero-order chi connectivity index (χ0) is 18.2. The molecular formula is C18H27N3O3S. The number of carbonyl (C=O) groups excluding carboxylic acids is 1. The lowest BCUT2D eigenvalue weighted by atomic mass is 9.65. The SMILES string of the molecule is Cc1ccc(NC(=O)C2CC3CCCC(C2)C3N)cc1NS(C)(=O)=O. The monoisotopic (exact) mass is 365 g/mol. The third-order valence-corrected chi connectivity index (χ3v) is 6.17. The molecule has 2 bridgehead atoms. The minimum absolute atomic E-state index is 0.0114. The van der Waals surface area contributed by atoms with Crippen LogP contribution in [0.3, 0.4) is 0 Å². The second-order valence-electron chi connectivity index (χ2n) is 7.59. The molecule has 4 N–H and O–H groups in total. The molecule has 0 aliphatic heterocycles. The van der Waals surface area contributed by atoms with Gasteiger partial charge in [-0.05, 0) is 62.1 Å². The molecule has 1 aromatic carbocycles. The Kier molecular flexibility index (Phi) is 5.06. The van der Waals surface area contributed by atoms with Crippen LogP contribution in [0, 0.1) is 24.7 Å². The minimum atomic E-state index is -3.36. The van der Waals surface area contributed by atoms with Gasteiger partial charge in [-0.2, -0.15) is 0 Å². The van der Waals surface area contributed by atoms with Crippen LogP contribution in [0.2, 0.25) is 0 Å². The number of nitrogens with two attached hydrogens (primary N) is 1. The highest BCUT2D eigenvalue weighted by Crippen LogP contribution is 2.42. The summed E-state index contributed by atoms with van der Waals surface area (Å²) >= 11 is 0. The van der Waals surface area contributed by atoms with Gasteiger partial charge in [0, 0.05) is 17.6 Å². The first-order chi connectivity index (χ1) is 11.7. The van der Waals surface area contributed by atoms with Gasteiger partial charge >= 0.3 is 0 Å². The number of carbonyl (C=O) groups is 1. The molecule has 2 aliphatic rings. The number of fused-ring (bicyclic) bond motifs is 2. The Morgan fingerprint density at radius 3 is 2.44 bits per heavy atom. The molecule has 2 fully saturated rings. The lowest BCUT2D eigenvalue weighted by molar-refractivity contribution is -0.122. The molecule has 6 nitrogen and oxygen atoms in total. The minimum Gasteiger partial charge on any atom is -0.327 e. The Labute approximate surface area is 149 Å². The topological polar surface area (TPSA) is 101 Å². The van der Waals surface area contributed by atoms with Crippen LogP contribution in [0.15, 0.2) is 18.2 Å². The van der Waals surface area contributed by atoms with E-state index in [2.05, 4.69) is 10.0 Å². The highest BCUT2D eigenvalue weighted by molar-refractivity contribution is 7.92. The summed E-state index contributed by atoms with van der Waals surface area (Å²) in [5, 5.41) is 2.95. The van der Waals surface area contributed by atoms with Crippen LogP contribution in [0.5, 0.6) is 0 Å². The van der Waals surface area contributed by atoms with E-state index in [0.717, 1.165) is 37.5 Å². The number of sulfonamides is 1. The van der Waals surface area contributed by atoms with Gasteiger partial charge in [0.2, 0.25) is 15.9 Å². The summed E-state index contributed by atoms with van der Waals surface area (Å²) in [6.45, 7) is 1.82. The number of anilines is 2. The molecule has 7 heteroatoms. The molecule has 0 aromatic heterocycles. The number of rotatable bonds is 4. The maximum Gasteiger partial charge on any atom is 0.229 e. The zero-order valence-electron chi connectivity index (χ0n) is 14.8. The van der Waals surface area contributed by atoms with E-state index in [4.69, 9.17) is 5.73 Å². The predicted octanol–water partition coefficient (Wildman–Crippen LogP) is 2.46. The molecule has 1 aromatic rings. The summed E-state index contributed by atoms with van der Waals surface area (Å²) in [6.07, 6.45) is 6.27. The van der Waals surface area contributed by atoms with Crippen molar-refractivity contribution < 1.29 is 13.2 Å². The largest absolute Gasteiger partial charge is 0.327 e. The third kappa shape index (κ3) is 4.33. The zero-order valence-corrected chi connectivity index (χ0v) is 15.6. The Bertz CT molecular complexity index is 749. The van der Waals surface area contributed by atoms with E-state index in [-0.39, 0.29) is 17.9 Å². The van der Waals surface area contributed by atoms with Crippen molar-refractivity contribution in [1.82, 2.24) is 0 Å². The van der Waals surface area contributed by atoms with Gasteiger partial charge in [0.1, 0.15) is 0 Å². The van der Waals surface area contributed by atoms with Crippen LogP contribution < -0.4 is 15.8 Å². The van der Waals surface area contributed by atoms with E-state index < -0.39 is 10.0 Å². The summed E-state index contributed by atoms with van der Waals surface area (Å²) in [5.41, 5.74) is 8.21. The van der Waals surface area contributed by atoms with Gasteiger partial charge in [0.25, 0.3) is 0 Å². The maximum atomic E-state index is 12.7. The van der Waals surface area contributed by atoms with Crippen LogP contribution in [-0.2, 0) is 14.8 Å². The summed E-state index contributed by atoms with van der Waals surface area (Å²) < 4.78 is 25.4. The van der Waals surface area contributed by atoms with Gasteiger partial charge in [-0.1, -0.05) is 12.5 Å². The molecule has 2 aliphatic carbocycles. The molecule has 0 heterocycles. The van der Waals surface area contributed by atoms with Crippen molar-refractivity contribution in [1.29, 1.82) is 0 Å². The summed E-state index contributed by atoms with van der Waals surface area (Å²) in [5.74, 6) is 0.896. The van der Waals surface area contributed by atoms with Crippen LogP contribution in [0.1, 0.15) is 37.7 Å². The van der Waals surface area contributed by atoms with Crippen LogP contribution in [0.25, 0.3) is 0 Å². The second-order valence-corrected chi connectivity index (χ2v) is 9.34. The maximum absolute atomic E-state index is 12.7. The van der Waals surface area contributed by atoms with E-state index in [0.29, 0.717) is 23.2 Å². The first-order valence-electron chi connectivity index (χ1n) is 8.88. The molecule has 1 amide bonds. The number of nitrogens with one attached hydrogen (secondary N) is 2. The predicted molar refractivity (Wildman–Crippen MR) is 99.8 cm³/mol. The van der Waals surface area contributed by atoms with Gasteiger partial charge in [-0.3, -0.25) is 9.52 Å². The van der Waals surface area contributed by atoms with Crippen molar-refractivity contribution >= 4 is 27.3 Å². The first-order valence-corrected chi connectivity index (χ1v) is 10.8. The molecule has 0 radical (unpaired) electrons. The molecule has 25 heavy (non-hydrogen) atoms.